The molecule has 4 heteroatoms. The summed E-state index contributed by atoms with van der Waals surface area (Å²) in [7, 11) is 0. The first-order valence-electron chi connectivity index (χ1n) is 14.2. The zero-order valence-corrected chi connectivity index (χ0v) is 21.9. The van der Waals surface area contributed by atoms with Gasteiger partial charge in [0.05, 0.1) is 5.69 Å². The van der Waals surface area contributed by atoms with Gasteiger partial charge in [0.2, 0.25) is 0 Å². The number of pyridine rings is 1. The van der Waals surface area contributed by atoms with E-state index in [1.54, 1.807) is 0 Å². The van der Waals surface area contributed by atoms with Gasteiger partial charge in [-0.1, -0.05) is 31.6 Å². The molecule has 3 fully saturated rings. The number of anilines is 2. The van der Waals surface area contributed by atoms with Crippen LogP contribution in [-0.2, 0) is 0 Å². The molecular formula is C32H40N4. The highest BCUT2D eigenvalue weighted by Gasteiger charge is 2.32. The number of fused-ring (bicyclic) bond motifs is 1. The van der Waals surface area contributed by atoms with Gasteiger partial charge in [-0.2, -0.15) is 0 Å². The summed E-state index contributed by atoms with van der Waals surface area (Å²) in [4.78, 5) is 7.81. The van der Waals surface area contributed by atoms with E-state index in [4.69, 9.17) is 4.98 Å². The third-order valence-electron chi connectivity index (χ3n) is 8.50. The maximum Gasteiger partial charge on any atom is 0.141 e. The van der Waals surface area contributed by atoms with Crippen LogP contribution in [0.5, 0.6) is 0 Å². The average Bonchev–Trinajstić information content (AvgIpc) is 3.69. The summed E-state index contributed by atoms with van der Waals surface area (Å²) >= 11 is 0. The van der Waals surface area contributed by atoms with Crippen molar-refractivity contribution in [3.63, 3.8) is 0 Å². The number of likely N-dealkylation sites (tertiary alicyclic amines) is 1. The Morgan fingerprint density at radius 3 is 2.61 bits per heavy atom. The predicted octanol–water partition coefficient (Wildman–Crippen LogP) is 7.61. The summed E-state index contributed by atoms with van der Waals surface area (Å²) in [6.45, 7) is 6.99. The van der Waals surface area contributed by atoms with Gasteiger partial charge in [0, 0.05) is 29.2 Å². The van der Waals surface area contributed by atoms with Crippen molar-refractivity contribution in [2.75, 3.05) is 18.4 Å². The first-order valence-corrected chi connectivity index (χ1v) is 14.2. The van der Waals surface area contributed by atoms with Crippen LogP contribution in [0.15, 0.2) is 42.6 Å². The van der Waals surface area contributed by atoms with Crippen LogP contribution in [0.25, 0.3) is 17.8 Å². The third-order valence-corrected chi connectivity index (χ3v) is 8.50. The van der Waals surface area contributed by atoms with Crippen molar-refractivity contribution in [3.05, 3.63) is 70.6 Å². The van der Waals surface area contributed by atoms with Gasteiger partial charge in [-0.15, -0.1) is 0 Å². The molecule has 4 aliphatic rings. The molecular weight excluding hydrogens is 440 g/mol. The Balaban J connectivity index is 1.26. The molecule has 0 amide bonds. The fraction of sp³-hybridized carbons (Fsp3) is 0.469. The summed E-state index contributed by atoms with van der Waals surface area (Å²) in [5.41, 5.74) is 8.58. The summed E-state index contributed by atoms with van der Waals surface area (Å²) < 4.78 is 0. The molecule has 188 valence electrons. The van der Waals surface area contributed by atoms with Gasteiger partial charge in [-0.25, -0.2) is 4.98 Å². The molecule has 2 aliphatic heterocycles. The van der Waals surface area contributed by atoms with Gasteiger partial charge in [0.25, 0.3) is 0 Å². The molecule has 6 rings (SSSR count). The maximum absolute atomic E-state index is 5.10. The zero-order chi connectivity index (χ0) is 24.5. The molecule has 36 heavy (non-hydrogen) atoms. The largest absolute Gasteiger partial charge is 0.361 e. The molecule has 0 unspecified atom stereocenters. The SMILES string of the molecule is CC/C=C1\NC=Cc2cc(/C=C\C3CCC3)nc(Nc3ccc(C4CCN(C5CC5)CC4)c(C)c3)c21. The molecule has 1 aromatic carbocycles. The summed E-state index contributed by atoms with van der Waals surface area (Å²) in [5.74, 6) is 2.34. The van der Waals surface area contributed by atoms with Crippen LogP contribution in [0.2, 0.25) is 0 Å². The molecule has 0 bridgehead atoms. The van der Waals surface area contributed by atoms with E-state index in [1.807, 2.05) is 6.20 Å². The second kappa shape index (κ2) is 10.3. The van der Waals surface area contributed by atoms with E-state index in [-0.39, 0.29) is 0 Å². The second-order valence-electron chi connectivity index (χ2n) is 11.2. The van der Waals surface area contributed by atoms with E-state index in [2.05, 4.69) is 78.0 Å². The zero-order valence-electron chi connectivity index (χ0n) is 21.9. The fourth-order valence-electron chi connectivity index (χ4n) is 6.06. The number of rotatable bonds is 7. The van der Waals surface area contributed by atoms with Crippen molar-refractivity contribution in [1.29, 1.82) is 0 Å². The van der Waals surface area contributed by atoms with Crippen LogP contribution >= 0.6 is 0 Å². The maximum atomic E-state index is 5.10. The van der Waals surface area contributed by atoms with Crippen LogP contribution in [0.4, 0.5) is 11.5 Å². The van der Waals surface area contributed by atoms with E-state index in [0.29, 0.717) is 5.92 Å². The Kier molecular flexibility index (Phi) is 6.71. The smallest absolute Gasteiger partial charge is 0.141 e. The van der Waals surface area contributed by atoms with Crippen LogP contribution < -0.4 is 10.6 Å². The summed E-state index contributed by atoms with van der Waals surface area (Å²) in [6.07, 6.45) is 21.4. The van der Waals surface area contributed by atoms with Crippen molar-refractivity contribution < 1.29 is 0 Å². The van der Waals surface area contributed by atoms with Crippen LogP contribution in [-0.4, -0.2) is 29.0 Å². The van der Waals surface area contributed by atoms with E-state index in [1.165, 1.54) is 74.7 Å². The third kappa shape index (κ3) is 5.01. The highest BCUT2D eigenvalue weighted by atomic mass is 15.2. The Hall–Kier alpha value is -2.85. The minimum atomic E-state index is 0.688. The number of hydrogen-bond donors (Lipinski definition) is 2. The Labute approximate surface area is 216 Å². The van der Waals surface area contributed by atoms with E-state index in [0.717, 1.165) is 46.8 Å². The molecule has 2 aliphatic carbocycles. The number of aryl methyl sites for hydroxylation is 1. The topological polar surface area (TPSA) is 40.2 Å². The van der Waals surface area contributed by atoms with Crippen molar-refractivity contribution in [3.8, 4) is 0 Å². The first kappa shape index (κ1) is 23.5. The Bertz CT molecular complexity index is 1190. The fourth-order valence-corrected chi connectivity index (χ4v) is 6.06. The van der Waals surface area contributed by atoms with E-state index < -0.39 is 0 Å². The normalized spacial score (nSPS) is 22.0. The number of aromatic nitrogens is 1. The highest BCUT2D eigenvalue weighted by Crippen LogP contribution is 2.37. The summed E-state index contributed by atoms with van der Waals surface area (Å²) in [6, 6.07) is 10.1. The standard InChI is InChI=1S/C32H40N4/c1-3-5-30-31-25(14-17-33-30)21-27(9-8-23-6-4-7-23)35-32(31)34-26-10-13-29(22(2)20-26)24-15-18-36(19-16-24)28-11-12-28/h5,8-10,13-14,17,20-21,23-24,28,33H,3-4,6-7,11-12,15-16,18-19H2,1-2H3,(H,34,35)/b9-8-,30-5-. The van der Waals surface area contributed by atoms with Gasteiger partial charge < -0.3 is 15.5 Å². The number of piperidine rings is 1. The van der Waals surface area contributed by atoms with Crippen LogP contribution in [0.3, 0.4) is 0 Å². The monoisotopic (exact) mass is 480 g/mol. The van der Waals surface area contributed by atoms with Gasteiger partial charge in [-0.3, -0.25) is 0 Å². The number of nitrogens with zero attached hydrogens (tertiary/aromatic N) is 2. The number of benzene rings is 1. The Morgan fingerprint density at radius 1 is 1.08 bits per heavy atom. The molecule has 2 saturated carbocycles. The first-order chi connectivity index (χ1) is 17.7. The molecule has 0 atom stereocenters. The van der Waals surface area contributed by atoms with Crippen molar-refractivity contribution >= 4 is 29.4 Å². The molecule has 1 aromatic heterocycles. The number of nitrogens with one attached hydrogen (secondary N) is 2. The van der Waals surface area contributed by atoms with Crippen molar-refractivity contribution in [1.82, 2.24) is 15.2 Å². The molecule has 0 radical (unpaired) electrons. The van der Waals surface area contributed by atoms with E-state index in [9.17, 15) is 0 Å². The number of allylic oxidation sites excluding steroid dienone is 2. The average molecular weight is 481 g/mol. The molecule has 0 spiro atoms. The minimum absolute atomic E-state index is 0.688. The van der Waals surface area contributed by atoms with Gasteiger partial charge in [0.1, 0.15) is 5.82 Å². The lowest BCUT2D eigenvalue weighted by Crippen LogP contribution is -2.34. The van der Waals surface area contributed by atoms with Crippen molar-refractivity contribution in [2.24, 2.45) is 5.92 Å². The lowest BCUT2D eigenvalue weighted by atomic mass is 9.85. The molecule has 3 heterocycles. The molecule has 1 saturated heterocycles. The van der Waals surface area contributed by atoms with Crippen molar-refractivity contribution in [2.45, 2.75) is 77.2 Å². The molecule has 2 N–H and O–H groups in total. The molecule has 2 aromatic rings. The van der Waals surface area contributed by atoms with Gasteiger partial charge in [0.15, 0.2) is 0 Å². The van der Waals surface area contributed by atoms with Gasteiger partial charge in [-0.05, 0) is 124 Å². The predicted molar refractivity (Wildman–Crippen MR) is 152 cm³/mol. The highest BCUT2D eigenvalue weighted by molar-refractivity contribution is 5.86. The molecule has 4 nitrogen and oxygen atoms in total. The second-order valence-corrected chi connectivity index (χ2v) is 11.2. The number of hydrogen-bond acceptors (Lipinski definition) is 4. The van der Waals surface area contributed by atoms with Crippen LogP contribution in [0.1, 0.15) is 92.2 Å². The lowest BCUT2D eigenvalue weighted by Gasteiger charge is -2.33. The quantitative estimate of drug-likeness (QED) is 0.428. The van der Waals surface area contributed by atoms with Gasteiger partial charge >= 0.3 is 0 Å². The Morgan fingerprint density at radius 2 is 1.92 bits per heavy atom. The minimum Gasteiger partial charge on any atom is -0.361 e. The van der Waals surface area contributed by atoms with E-state index >= 15 is 0 Å². The lowest BCUT2D eigenvalue weighted by molar-refractivity contribution is 0.203. The summed E-state index contributed by atoms with van der Waals surface area (Å²) in [5, 5.41) is 7.16. The van der Waals surface area contributed by atoms with Crippen LogP contribution in [0, 0.1) is 12.8 Å².